The standard InChI is InChI=1S/C52H30N4S/c1-2-13-34(14-3-1)55-44-19-9-6-16-36(44)42-28-33(24-27-46(42)55)49-40-26-22-31-12-4-5-15-35(31)50(40)54-52(53-49)56-45-20-10-7-17-37(45)43-30-41-32(29-47(43)56)23-25-39-38-18-8-11-21-48(38)57-51(39)41/h1-30H. The van der Waals surface area contributed by atoms with Gasteiger partial charge >= 0.3 is 0 Å². The summed E-state index contributed by atoms with van der Waals surface area (Å²) in [6.45, 7) is 0. The van der Waals surface area contributed by atoms with Gasteiger partial charge in [-0.3, -0.25) is 4.57 Å². The van der Waals surface area contributed by atoms with E-state index in [0.717, 1.165) is 55.2 Å². The molecule has 0 unspecified atom stereocenters. The van der Waals surface area contributed by atoms with Gasteiger partial charge in [-0.1, -0.05) is 121 Å². The molecule has 0 aliphatic heterocycles. The van der Waals surface area contributed by atoms with Crippen molar-refractivity contribution < 1.29 is 0 Å². The number of hydrogen-bond donors (Lipinski definition) is 0. The Hall–Kier alpha value is -7.34. The highest BCUT2D eigenvalue weighted by Gasteiger charge is 2.21. The maximum absolute atomic E-state index is 5.58. The molecule has 4 aromatic heterocycles. The number of benzene rings is 9. The summed E-state index contributed by atoms with van der Waals surface area (Å²) in [6.07, 6.45) is 0. The predicted octanol–water partition coefficient (Wildman–Crippen LogP) is 14.2. The first kappa shape index (κ1) is 30.9. The van der Waals surface area contributed by atoms with Gasteiger partial charge < -0.3 is 4.57 Å². The summed E-state index contributed by atoms with van der Waals surface area (Å²) < 4.78 is 7.28. The minimum Gasteiger partial charge on any atom is -0.309 e. The number of nitrogens with zero attached hydrogens (tertiary/aromatic N) is 4. The summed E-state index contributed by atoms with van der Waals surface area (Å²) in [7, 11) is 0. The van der Waals surface area contributed by atoms with Crippen LogP contribution >= 0.6 is 11.3 Å². The van der Waals surface area contributed by atoms with Crippen molar-refractivity contribution in [2.75, 3.05) is 0 Å². The highest BCUT2D eigenvalue weighted by molar-refractivity contribution is 7.26. The van der Waals surface area contributed by atoms with Gasteiger partial charge in [-0.05, 0) is 71.4 Å². The molecule has 264 valence electrons. The molecule has 0 bridgehead atoms. The van der Waals surface area contributed by atoms with Gasteiger partial charge in [-0.2, -0.15) is 0 Å². The smallest absolute Gasteiger partial charge is 0.235 e. The van der Waals surface area contributed by atoms with Crippen molar-refractivity contribution in [1.82, 2.24) is 19.1 Å². The largest absolute Gasteiger partial charge is 0.309 e. The average Bonchev–Trinajstić information content (AvgIpc) is 3.93. The third kappa shape index (κ3) is 4.37. The third-order valence-electron chi connectivity index (χ3n) is 11.9. The molecule has 0 atom stereocenters. The number of rotatable bonds is 3. The quantitative estimate of drug-likeness (QED) is 0.169. The monoisotopic (exact) mass is 742 g/mol. The SMILES string of the molecule is c1ccc(-n2c3ccccc3c3cc(-c4nc(-n5c6ccccc6c6cc7c(ccc8c9ccccc9sc78)cc65)nc5c4ccc4ccccc45)ccc32)cc1. The minimum atomic E-state index is 0.661. The van der Waals surface area contributed by atoms with Crippen LogP contribution in [-0.4, -0.2) is 19.1 Å². The van der Waals surface area contributed by atoms with Crippen molar-refractivity contribution in [3.8, 4) is 22.9 Å². The van der Waals surface area contributed by atoms with Gasteiger partial charge in [0.1, 0.15) is 0 Å². The topological polar surface area (TPSA) is 35.6 Å². The van der Waals surface area contributed by atoms with Crippen LogP contribution in [0.3, 0.4) is 0 Å². The van der Waals surface area contributed by atoms with Crippen LogP contribution in [0, 0.1) is 0 Å². The molecule has 0 saturated heterocycles. The van der Waals surface area contributed by atoms with Crippen molar-refractivity contribution in [3.63, 3.8) is 0 Å². The van der Waals surface area contributed by atoms with Crippen molar-refractivity contribution in [1.29, 1.82) is 0 Å². The van der Waals surface area contributed by atoms with Crippen LogP contribution in [0.4, 0.5) is 0 Å². The molecule has 4 heterocycles. The summed E-state index contributed by atoms with van der Waals surface area (Å²) in [5, 5.41) is 13.2. The summed E-state index contributed by atoms with van der Waals surface area (Å²) >= 11 is 1.88. The fourth-order valence-corrected chi connectivity index (χ4v) is 10.6. The molecule has 4 nitrogen and oxygen atoms in total. The predicted molar refractivity (Wildman–Crippen MR) is 242 cm³/mol. The molecule has 0 N–H and O–H groups in total. The summed E-state index contributed by atoms with van der Waals surface area (Å²) in [6, 6.07) is 65.8. The minimum absolute atomic E-state index is 0.661. The summed E-state index contributed by atoms with van der Waals surface area (Å²) in [5.41, 5.74) is 8.58. The number of thiophene rings is 1. The summed E-state index contributed by atoms with van der Waals surface area (Å²) in [5.74, 6) is 0.661. The maximum Gasteiger partial charge on any atom is 0.235 e. The van der Waals surface area contributed by atoms with E-state index in [9.17, 15) is 0 Å². The van der Waals surface area contributed by atoms with Crippen molar-refractivity contribution in [2.24, 2.45) is 0 Å². The normalized spacial score (nSPS) is 12.2. The van der Waals surface area contributed by atoms with Crippen molar-refractivity contribution >= 4 is 108 Å². The molecular weight excluding hydrogens is 713 g/mol. The van der Waals surface area contributed by atoms with E-state index in [1.54, 1.807) is 0 Å². The van der Waals surface area contributed by atoms with E-state index in [4.69, 9.17) is 9.97 Å². The third-order valence-corrected chi connectivity index (χ3v) is 13.1. The molecule has 0 fully saturated rings. The highest BCUT2D eigenvalue weighted by Crippen LogP contribution is 2.43. The molecule has 13 rings (SSSR count). The Labute approximate surface area is 330 Å². The fraction of sp³-hybridized carbons (Fsp3) is 0. The molecule has 13 aromatic rings. The molecule has 57 heavy (non-hydrogen) atoms. The van der Waals surface area contributed by atoms with E-state index in [0.29, 0.717) is 5.95 Å². The Morgan fingerprint density at radius 1 is 0.368 bits per heavy atom. The van der Waals surface area contributed by atoms with Crippen LogP contribution in [0.2, 0.25) is 0 Å². The van der Waals surface area contributed by atoms with Gasteiger partial charge in [0.15, 0.2) is 0 Å². The Morgan fingerprint density at radius 2 is 1.02 bits per heavy atom. The second-order valence-corrected chi connectivity index (χ2v) is 16.0. The van der Waals surface area contributed by atoms with Gasteiger partial charge in [0.2, 0.25) is 5.95 Å². The molecule has 0 aliphatic rings. The first-order valence-corrected chi connectivity index (χ1v) is 20.1. The van der Waals surface area contributed by atoms with Crippen LogP contribution in [0.15, 0.2) is 182 Å². The second kappa shape index (κ2) is 11.6. The van der Waals surface area contributed by atoms with Gasteiger partial charge in [0.25, 0.3) is 0 Å². The van der Waals surface area contributed by atoms with Gasteiger partial charge in [-0.15, -0.1) is 11.3 Å². The van der Waals surface area contributed by atoms with E-state index >= 15 is 0 Å². The van der Waals surface area contributed by atoms with E-state index in [1.165, 1.54) is 58.0 Å². The molecule has 9 aromatic carbocycles. The zero-order valence-corrected chi connectivity index (χ0v) is 31.3. The van der Waals surface area contributed by atoms with Crippen molar-refractivity contribution in [2.45, 2.75) is 0 Å². The molecule has 0 saturated carbocycles. The molecule has 5 heteroatoms. The number of aromatic nitrogens is 4. The second-order valence-electron chi connectivity index (χ2n) is 15.0. The Balaban J connectivity index is 1.12. The number of fused-ring (bicyclic) bond motifs is 14. The van der Waals surface area contributed by atoms with Crippen LogP contribution < -0.4 is 0 Å². The first-order valence-electron chi connectivity index (χ1n) is 19.3. The lowest BCUT2D eigenvalue weighted by atomic mass is 10.0. The van der Waals surface area contributed by atoms with Crippen LogP contribution in [-0.2, 0) is 0 Å². The van der Waals surface area contributed by atoms with E-state index in [-0.39, 0.29) is 0 Å². The number of para-hydroxylation sites is 3. The maximum atomic E-state index is 5.58. The Morgan fingerprint density at radius 3 is 1.86 bits per heavy atom. The van der Waals surface area contributed by atoms with E-state index in [2.05, 4.69) is 191 Å². The van der Waals surface area contributed by atoms with Crippen molar-refractivity contribution in [3.05, 3.63) is 182 Å². The Bertz CT molecular complexity index is 3810. The van der Waals surface area contributed by atoms with Crippen LogP contribution in [0.25, 0.3) is 119 Å². The molecule has 0 amide bonds. The molecule has 0 spiro atoms. The van der Waals surface area contributed by atoms with Gasteiger partial charge in [0.05, 0.1) is 33.3 Å². The first-order chi connectivity index (χ1) is 28.3. The zero-order chi connectivity index (χ0) is 37.2. The van der Waals surface area contributed by atoms with Gasteiger partial charge in [-0.25, -0.2) is 9.97 Å². The lowest BCUT2D eigenvalue weighted by Gasteiger charge is -2.14. The van der Waals surface area contributed by atoms with Crippen LogP contribution in [0.1, 0.15) is 0 Å². The fourth-order valence-electron chi connectivity index (χ4n) is 9.33. The average molecular weight is 743 g/mol. The van der Waals surface area contributed by atoms with E-state index in [1.807, 2.05) is 11.3 Å². The highest BCUT2D eigenvalue weighted by atomic mass is 32.1. The number of hydrogen-bond acceptors (Lipinski definition) is 3. The van der Waals surface area contributed by atoms with Gasteiger partial charge in [0, 0.05) is 69.1 Å². The summed E-state index contributed by atoms with van der Waals surface area (Å²) in [4.78, 5) is 11.1. The lowest BCUT2D eigenvalue weighted by molar-refractivity contribution is 1.02. The molecule has 0 aliphatic carbocycles. The van der Waals surface area contributed by atoms with E-state index < -0.39 is 0 Å². The Kier molecular flexibility index (Phi) is 6.29. The molecular formula is C52H30N4S. The van der Waals surface area contributed by atoms with Crippen LogP contribution in [0.5, 0.6) is 0 Å². The zero-order valence-electron chi connectivity index (χ0n) is 30.5. The lowest BCUT2D eigenvalue weighted by Crippen LogP contribution is -2.04. The molecule has 0 radical (unpaired) electrons.